The van der Waals surface area contributed by atoms with Gasteiger partial charge in [0, 0.05) is 43.7 Å². The summed E-state index contributed by atoms with van der Waals surface area (Å²) in [5.74, 6) is 3.12. The first-order chi connectivity index (χ1) is 9.27. The molecule has 2 fully saturated rings. The van der Waals surface area contributed by atoms with E-state index in [0.29, 0.717) is 0 Å². The van der Waals surface area contributed by atoms with Crippen LogP contribution in [0, 0.1) is 0 Å². The summed E-state index contributed by atoms with van der Waals surface area (Å²) in [6.07, 6.45) is 5.25. The number of likely N-dealkylation sites (tertiary alicyclic amines) is 1. The highest BCUT2D eigenvalue weighted by molar-refractivity contribution is 7.99. The van der Waals surface area contributed by atoms with Crippen LogP contribution < -0.4 is 5.73 Å². The second-order valence-electron chi connectivity index (χ2n) is 5.57. The summed E-state index contributed by atoms with van der Waals surface area (Å²) in [6, 6.07) is 0.759. The topological polar surface area (TPSA) is 44.9 Å². The molecule has 0 bridgehead atoms. The molecule has 0 radical (unpaired) electrons. The lowest BCUT2D eigenvalue weighted by molar-refractivity contribution is 0.160. The largest absolute Gasteiger partial charge is 0.370 e. The summed E-state index contributed by atoms with van der Waals surface area (Å²) in [4.78, 5) is 9.37. The van der Waals surface area contributed by atoms with Gasteiger partial charge in [-0.25, -0.2) is 0 Å². The number of nitrogens with two attached hydrogens (primary N) is 1. The fourth-order valence-electron chi connectivity index (χ4n) is 2.85. The summed E-state index contributed by atoms with van der Waals surface area (Å²) in [5, 5.41) is 0. The molecule has 1 unspecified atom stereocenters. The highest BCUT2D eigenvalue weighted by Gasteiger charge is 2.17. The van der Waals surface area contributed by atoms with Gasteiger partial charge in [-0.05, 0) is 32.7 Å². The Morgan fingerprint density at radius 3 is 2.79 bits per heavy atom. The number of rotatable bonds is 4. The van der Waals surface area contributed by atoms with Crippen LogP contribution >= 0.6 is 11.8 Å². The number of hydrogen-bond acceptors (Lipinski definition) is 3. The molecule has 2 heterocycles. The van der Waals surface area contributed by atoms with Crippen LogP contribution in [-0.2, 0) is 0 Å². The Balaban J connectivity index is 1.64. The normalized spacial score (nSPS) is 26.7. The van der Waals surface area contributed by atoms with E-state index in [1.54, 1.807) is 0 Å². The van der Waals surface area contributed by atoms with Crippen molar-refractivity contribution in [1.82, 2.24) is 9.80 Å². The Labute approximate surface area is 121 Å². The minimum Gasteiger partial charge on any atom is -0.370 e. The summed E-state index contributed by atoms with van der Waals surface area (Å²) in [6.45, 7) is 7.78. The van der Waals surface area contributed by atoms with Gasteiger partial charge in [-0.15, -0.1) is 0 Å². The number of nitrogens with zero attached hydrogens (tertiary/aromatic N) is 3. The monoisotopic (exact) mass is 284 g/mol. The van der Waals surface area contributed by atoms with Crippen LogP contribution in [0.4, 0.5) is 0 Å². The molecule has 19 heavy (non-hydrogen) atoms. The predicted molar refractivity (Wildman–Crippen MR) is 84.9 cm³/mol. The van der Waals surface area contributed by atoms with Crippen LogP contribution in [0.15, 0.2) is 4.99 Å². The molecule has 4 nitrogen and oxygen atoms in total. The lowest BCUT2D eigenvalue weighted by atomic mass is 10.0. The van der Waals surface area contributed by atoms with E-state index in [1.807, 2.05) is 11.8 Å². The van der Waals surface area contributed by atoms with E-state index in [4.69, 9.17) is 5.73 Å². The standard InChI is InChI=1S/C14H28N4S/c1-13-5-2-3-7-17(13)8-4-6-16-14(15)18-9-11-19-12-10-18/h13H,2-12H2,1H3,(H2,15,16). The van der Waals surface area contributed by atoms with Crippen LogP contribution in [0.2, 0.25) is 0 Å². The Morgan fingerprint density at radius 2 is 2.05 bits per heavy atom. The average molecular weight is 284 g/mol. The summed E-state index contributed by atoms with van der Waals surface area (Å²) >= 11 is 2.00. The summed E-state index contributed by atoms with van der Waals surface area (Å²) in [7, 11) is 0. The zero-order chi connectivity index (χ0) is 13.5. The minimum atomic E-state index is 0.756. The molecule has 1 atom stereocenters. The van der Waals surface area contributed by atoms with Crippen molar-refractivity contribution in [2.45, 2.75) is 38.6 Å². The fraction of sp³-hybridized carbons (Fsp3) is 0.929. The Hall–Kier alpha value is -0.420. The number of aliphatic imine (C=N–C) groups is 1. The molecular weight excluding hydrogens is 256 g/mol. The molecule has 2 N–H and O–H groups in total. The molecule has 0 aromatic rings. The van der Waals surface area contributed by atoms with Crippen molar-refractivity contribution < 1.29 is 0 Å². The Kier molecular flexibility index (Phi) is 6.31. The molecule has 110 valence electrons. The Bertz CT molecular complexity index is 289. The number of guanidine groups is 1. The summed E-state index contributed by atoms with van der Waals surface area (Å²) < 4.78 is 0. The SMILES string of the molecule is CC1CCCCN1CCCN=C(N)N1CCSCC1. The van der Waals surface area contributed by atoms with Crippen molar-refractivity contribution in [2.24, 2.45) is 10.7 Å². The predicted octanol–water partition coefficient (Wildman–Crippen LogP) is 1.61. The van der Waals surface area contributed by atoms with Crippen molar-refractivity contribution >= 4 is 17.7 Å². The van der Waals surface area contributed by atoms with Crippen LogP contribution in [0.3, 0.4) is 0 Å². The van der Waals surface area contributed by atoms with Gasteiger partial charge in [0.2, 0.25) is 0 Å². The van der Waals surface area contributed by atoms with Crippen molar-refractivity contribution in [1.29, 1.82) is 0 Å². The molecule has 2 saturated heterocycles. The van der Waals surface area contributed by atoms with E-state index < -0.39 is 0 Å². The maximum Gasteiger partial charge on any atom is 0.191 e. The molecule has 0 saturated carbocycles. The summed E-state index contributed by atoms with van der Waals surface area (Å²) in [5.41, 5.74) is 6.05. The third-order valence-corrected chi connectivity index (χ3v) is 5.10. The van der Waals surface area contributed by atoms with E-state index in [2.05, 4.69) is 21.7 Å². The van der Waals surface area contributed by atoms with Crippen molar-refractivity contribution in [2.75, 3.05) is 44.2 Å². The highest BCUT2D eigenvalue weighted by Crippen LogP contribution is 2.16. The van der Waals surface area contributed by atoms with Crippen molar-refractivity contribution in [3.8, 4) is 0 Å². The van der Waals surface area contributed by atoms with Gasteiger partial charge in [-0.1, -0.05) is 6.42 Å². The molecule has 0 aromatic carbocycles. The lowest BCUT2D eigenvalue weighted by Crippen LogP contribution is -2.43. The molecule has 0 spiro atoms. The van der Waals surface area contributed by atoms with Gasteiger partial charge in [0.15, 0.2) is 5.96 Å². The molecular formula is C14H28N4S. The molecule has 0 aromatic heterocycles. The van der Waals surface area contributed by atoms with Crippen LogP contribution in [0.5, 0.6) is 0 Å². The third-order valence-electron chi connectivity index (χ3n) is 4.15. The molecule has 2 aliphatic heterocycles. The van der Waals surface area contributed by atoms with Gasteiger partial charge in [0.25, 0.3) is 0 Å². The number of piperidine rings is 1. The van der Waals surface area contributed by atoms with Gasteiger partial charge < -0.3 is 15.5 Å². The first kappa shape index (κ1) is 15.0. The van der Waals surface area contributed by atoms with Gasteiger partial charge in [0.1, 0.15) is 0 Å². The minimum absolute atomic E-state index is 0.756. The van der Waals surface area contributed by atoms with Gasteiger partial charge in [0.05, 0.1) is 0 Å². The lowest BCUT2D eigenvalue weighted by Gasteiger charge is -2.33. The van der Waals surface area contributed by atoms with Crippen molar-refractivity contribution in [3.63, 3.8) is 0 Å². The first-order valence-corrected chi connectivity index (χ1v) is 8.79. The van der Waals surface area contributed by atoms with E-state index in [-0.39, 0.29) is 0 Å². The molecule has 2 aliphatic rings. The van der Waals surface area contributed by atoms with Crippen molar-refractivity contribution in [3.05, 3.63) is 0 Å². The Morgan fingerprint density at radius 1 is 1.26 bits per heavy atom. The number of thioether (sulfide) groups is 1. The van der Waals surface area contributed by atoms with E-state index in [9.17, 15) is 0 Å². The molecule has 0 aliphatic carbocycles. The van der Waals surface area contributed by atoms with Gasteiger partial charge in [-0.3, -0.25) is 4.99 Å². The van der Waals surface area contributed by atoms with Crippen LogP contribution in [0.25, 0.3) is 0 Å². The number of hydrogen-bond donors (Lipinski definition) is 1. The molecule has 2 rings (SSSR count). The average Bonchev–Trinajstić information content (AvgIpc) is 2.46. The molecule has 0 amide bonds. The van der Waals surface area contributed by atoms with E-state index >= 15 is 0 Å². The maximum atomic E-state index is 6.05. The molecule has 5 heteroatoms. The highest BCUT2D eigenvalue weighted by atomic mass is 32.2. The van der Waals surface area contributed by atoms with E-state index in [0.717, 1.165) is 38.1 Å². The van der Waals surface area contributed by atoms with Gasteiger partial charge in [-0.2, -0.15) is 11.8 Å². The first-order valence-electron chi connectivity index (χ1n) is 7.64. The third kappa shape index (κ3) is 4.88. The fourth-order valence-corrected chi connectivity index (χ4v) is 3.75. The zero-order valence-corrected chi connectivity index (χ0v) is 13.0. The quantitative estimate of drug-likeness (QED) is 0.484. The second kappa shape index (κ2) is 8.00. The van der Waals surface area contributed by atoms with Gasteiger partial charge >= 0.3 is 0 Å². The smallest absolute Gasteiger partial charge is 0.191 e. The van der Waals surface area contributed by atoms with E-state index in [1.165, 1.54) is 43.9 Å². The maximum absolute atomic E-state index is 6.05. The van der Waals surface area contributed by atoms with Crippen LogP contribution in [-0.4, -0.2) is 66.0 Å². The second-order valence-corrected chi connectivity index (χ2v) is 6.80. The van der Waals surface area contributed by atoms with Crippen LogP contribution in [0.1, 0.15) is 32.6 Å². The zero-order valence-electron chi connectivity index (χ0n) is 12.2.